The van der Waals surface area contributed by atoms with Crippen molar-refractivity contribution in [2.24, 2.45) is 7.05 Å². The van der Waals surface area contributed by atoms with E-state index in [1.165, 1.54) is 28.4 Å². The lowest BCUT2D eigenvalue weighted by molar-refractivity contribution is -0.138. The van der Waals surface area contributed by atoms with Gasteiger partial charge in [0, 0.05) is 30.1 Å². The number of imidazole rings is 2. The fraction of sp³-hybridized carbons (Fsp3) is 0.188. The molecule has 0 aliphatic carbocycles. The molecule has 0 unspecified atom stereocenters. The zero-order valence-electron chi connectivity index (χ0n) is 13.8. The van der Waals surface area contributed by atoms with E-state index in [0.29, 0.717) is 6.20 Å². The zero-order valence-corrected chi connectivity index (χ0v) is 15.4. The summed E-state index contributed by atoms with van der Waals surface area (Å²) < 4.78 is 80.4. The van der Waals surface area contributed by atoms with Crippen LogP contribution < -0.4 is 0 Å². The molecule has 0 aliphatic rings. The number of alkyl halides is 6. The van der Waals surface area contributed by atoms with Crippen LogP contribution in [0.3, 0.4) is 0 Å². The minimum absolute atomic E-state index is 0.00143. The van der Waals surface area contributed by atoms with Gasteiger partial charge in [-0.15, -0.1) is 0 Å². The standard InChI is InChI=1S/C16H8BrF6N5/c1-27-13-10(2-7(4-24-13)15(18,19)20)26-14(27)11-6-28-5-9(17)8(16(21,22)23)3-12(28)25-11/h2-6H,1H3. The molecule has 0 spiro atoms. The molecule has 0 atom stereocenters. The molecular weight excluding hydrogens is 456 g/mol. The molecule has 0 fully saturated rings. The number of hydrogen-bond donors (Lipinski definition) is 0. The van der Waals surface area contributed by atoms with Crippen LogP contribution in [0.4, 0.5) is 26.3 Å². The van der Waals surface area contributed by atoms with Crippen molar-refractivity contribution in [3.8, 4) is 11.5 Å². The van der Waals surface area contributed by atoms with Gasteiger partial charge in [-0.25, -0.2) is 15.0 Å². The highest BCUT2D eigenvalue weighted by molar-refractivity contribution is 9.10. The van der Waals surface area contributed by atoms with E-state index >= 15 is 0 Å². The van der Waals surface area contributed by atoms with Crippen LogP contribution in [0.25, 0.3) is 28.3 Å². The molecule has 5 nitrogen and oxygen atoms in total. The third-order valence-electron chi connectivity index (χ3n) is 4.11. The van der Waals surface area contributed by atoms with Gasteiger partial charge in [-0.1, -0.05) is 0 Å². The molecule has 0 saturated carbocycles. The zero-order chi connectivity index (χ0) is 20.4. The number of fused-ring (bicyclic) bond motifs is 2. The summed E-state index contributed by atoms with van der Waals surface area (Å²) in [4.78, 5) is 12.1. The maximum atomic E-state index is 13.1. The Morgan fingerprint density at radius 1 is 0.964 bits per heavy atom. The van der Waals surface area contributed by atoms with Gasteiger partial charge in [-0.2, -0.15) is 26.3 Å². The van der Waals surface area contributed by atoms with Crippen molar-refractivity contribution < 1.29 is 26.3 Å². The summed E-state index contributed by atoms with van der Waals surface area (Å²) in [5, 5.41) is 0. The minimum Gasteiger partial charge on any atom is -0.310 e. The molecule has 0 radical (unpaired) electrons. The van der Waals surface area contributed by atoms with Crippen molar-refractivity contribution in [3.05, 3.63) is 46.3 Å². The van der Waals surface area contributed by atoms with E-state index in [-0.39, 0.29) is 32.8 Å². The number of hydrogen-bond acceptors (Lipinski definition) is 3. The van der Waals surface area contributed by atoms with Crippen LogP contribution in [0.15, 0.2) is 35.2 Å². The monoisotopic (exact) mass is 463 g/mol. The average molecular weight is 464 g/mol. The maximum absolute atomic E-state index is 13.1. The average Bonchev–Trinajstić information content (AvgIpc) is 3.12. The van der Waals surface area contributed by atoms with Gasteiger partial charge in [-0.05, 0) is 28.1 Å². The first kappa shape index (κ1) is 18.7. The van der Waals surface area contributed by atoms with E-state index in [0.717, 1.165) is 12.1 Å². The molecular formula is C16H8BrF6N5. The van der Waals surface area contributed by atoms with Crippen molar-refractivity contribution in [2.45, 2.75) is 12.4 Å². The smallest absolute Gasteiger partial charge is 0.310 e. The number of aryl methyl sites for hydroxylation is 1. The second kappa shape index (κ2) is 5.93. The Hall–Kier alpha value is -2.63. The summed E-state index contributed by atoms with van der Waals surface area (Å²) >= 11 is 2.88. The van der Waals surface area contributed by atoms with Gasteiger partial charge < -0.3 is 8.97 Å². The second-order valence-corrected chi connectivity index (χ2v) is 6.84. The lowest BCUT2D eigenvalue weighted by atomic mass is 10.2. The third-order valence-corrected chi connectivity index (χ3v) is 4.75. The van der Waals surface area contributed by atoms with Crippen molar-refractivity contribution >= 4 is 32.7 Å². The quantitative estimate of drug-likeness (QED) is 0.369. The molecule has 4 rings (SSSR count). The Morgan fingerprint density at radius 3 is 2.32 bits per heavy atom. The first-order valence-corrected chi connectivity index (χ1v) is 8.40. The Balaban J connectivity index is 1.87. The van der Waals surface area contributed by atoms with E-state index in [9.17, 15) is 26.3 Å². The van der Waals surface area contributed by atoms with Crippen LogP contribution in [0, 0.1) is 0 Å². The first-order valence-electron chi connectivity index (χ1n) is 7.60. The normalized spacial score (nSPS) is 13.0. The Bertz CT molecular complexity index is 1220. The number of rotatable bonds is 1. The molecule has 0 bridgehead atoms. The lowest BCUT2D eigenvalue weighted by Gasteiger charge is -2.08. The van der Waals surface area contributed by atoms with E-state index in [2.05, 4.69) is 30.9 Å². The predicted molar refractivity (Wildman–Crippen MR) is 90.4 cm³/mol. The molecule has 146 valence electrons. The first-order chi connectivity index (χ1) is 12.9. The molecule has 4 aromatic rings. The van der Waals surface area contributed by atoms with Crippen molar-refractivity contribution in [2.75, 3.05) is 0 Å². The van der Waals surface area contributed by atoms with Crippen molar-refractivity contribution in [1.29, 1.82) is 0 Å². The summed E-state index contributed by atoms with van der Waals surface area (Å²) in [5.74, 6) is 0.176. The van der Waals surface area contributed by atoms with Gasteiger partial charge in [0.15, 0.2) is 11.5 Å². The molecule has 28 heavy (non-hydrogen) atoms. The highest BCUT2D eigenvalue weighted by atomic mass is 79.9. The van der Waals surface area contributed by atoms with Gasteiger partial charge in [-0.3, -0.25) is 0 Å². The van der Waals surface area contributed by atoms with Gasteiger partial charge in [0.2, 0.25) is 0 Å². The Labute approximate surface area is 160 Å². The molecule has 4 aromatic heterocycles. The predicted octanol–water partition coefficient (Wildman–Crippen LogP) is 5.08. The lowest BCUT2D eigenvalue weighted by Crippen LogP contribution is -2.07. The molecule has 12 heteroatoms. The Morgan fingerprint density at radius 2 is 1.68 bits per heavy atom. The molecule has 0 N–H and O–H groups in total. The Kier molecular flexibility index (Phi) is 3.97. The van der Waals surface area contributed by atoms with Crippen LogP contribution in [0.5, 0.6) is 0 Å². The van der Waals surface area contributed by atoms with E-state index < -0.39 is 23.5 Å². The number of pyridine rings is 2. The topological polar surface area (TPSA) is 48.0 Å². The van der Waals surface area contributed by atoms with E-state index in [1.54, 1.807) is 0 Å². The molecule has 0 aliphatic heterocycles. The van der Waals surface area contributed by atoms with Gasteiger partial charge >= 0.3 is 12.4 Å². The summed E-state index contributed by atoms with van der Waals surface area (Å²) in [6.45, 7) is 0. The summed E-state index contributed by atoms with van der Waals surface area (Å²) in [7, 11) is 1.53. The second-order valence-electron chi connectivity index (χ2n) is 5.98. The van der Waals surface area contributed by atoms with Crippen LogP contribution in [0.1, 0.15) is 11.1 Å². The van der Waals surface area contributed by atoms with Crippen LogP contribution in [0.2, 0.25) is 0 Å². The van der Waals surface area contributed by atoms with Crippen LogP contribution in [-0.2, 0) is 19.4 Å². The number of nitrogens with zero attached hydrogens (tertiary/aromatic N) is 5. The van der Waals surface area contributed by atoms with Crippen molar-refractivity contribution in [1.82, 2.24) is 23.9 Å². The van der Waals surface area contributed by atoms with Gasteiger partial charge in [0.05, 0.1) is 11.1 Å². The molecule has 0 amide bonds. The van der Waals surface area contributed by atoms with Crippen LogP contribution in [-0.4, -0.2) is 23.9 Å². The van der Waals surface area contributed by atoms with E-state index in [4.69, 9.17) is 0 Å². The minimum atomic E-state index is -4.57. The molecule has 0 aromatic carbocycles. The third kappa shape index (κ3) is 3.01. The highest BCUT2D eigenvalue weighted by Gasteiger charge is 2.34. The van der Waals surface area contributed by atoms with Crippen LogP contribution >= 0.6 is 15.9 Å². The number of halogens is 7. The molecule has 0 saturated heterocycles. The number of aromatic nitrogens is 5. The fourth-order valence-corrected chi connectivity index (χ4v) is 3.35. The summed E-state index contributed by atoms with van der Waals surface area (Å²) in [5.41, 5.74) is -1.43. The summed E-state index contributed by atoms with van der Waals surface area (Å²) in [6.07, 6.45) is -5.79. The van der Waals surface area contributed by atoms with Crippen molar-refractivity contribution in [3.63, 3.8) is 0 Å². The van der Waals surface area contributed by atoms with Gasteiger partial charge in [0.1, 0.15) is 16.9 Å². The largest absolute Gasteiger partial charge is 0.417 e. The van der Waals surface area contributed by atoms with Gasteiger partial charge in [0.25, 0.3) is 0 Å². The molecule has 4 heterocycles. The maximum Gasteiger partial charge on any atom is 0.417 e. The SMILES string of the molecule is Cn1c(-c2cn3cc(Br)c(C(F)(F)F)cc3n2)nc2cc(C(F)(F)F)cnc21. The summed E-state index contributed by atoms with van der Waals surface area (Å²) in [6, 6.07) is 1.73. The fourth-order valence-electron chi connectivity index (χ4n) is 2.79. The highest BCUT2D eigenvalue weighted by Crippen LogP contribution is 2.36. The van der Waals surface area contributed by atoms with E-state index in [1.807, 2.05) is 0 Å².